The quantitative estimate of drug-likeness (QED) is 0.249. The smallest absolute Gasteiger partial charge is 0.338 e. The molecule has 0 aromatic heterocycles. The fourth-order valence-corrected chi connectivity index (χ4v) is 9.00. The second-order valence-electron chi connectivity index (χ2n) is 14.0. The van der Waals surface area contributed by atoms with E-state index in [0.29, 0.717) is 18.4 Å². The number of aliphatic hydroxyl groups is 3. The first-order valence-electron chi connectivity index (χ1n) is 15.5. The van der Waals surface area contributed by atoms with Crippen molar-refractivity contribution in [2.75, 3.05) is 0 Å². The van der Waals surface area contributed by atoms with E-state index >= 15 is 0 Å². The molecule has 1 unspecified atom stereocenters. The molecule has 0 spiro atoms. The van der Waals surface area contributed by atoms with Gasteiger partial charge >= 0.3 is 23.9 Å². The molecule has 1 aromatic carbocycles. The molecule has 5 rings (SSSR count). The maximum absolute atomic E-state index is 13.9. The zero-order valence-corrected chi connectivity index (χ0v) is 26.9. The van der Waals surface area contributed by atoms with E-state index in [2.05, 4.69) is 0 Å². The van der Waals surface area contributed by atoms with Gasteiger partial charge in [0.15, 0.2) is 6.10 Å². The Kier molecular flexibility index (Phi) is 8.24. The van der Waals surface area contributed by atoms with E-state index in [0.717, 1.165) is 0 Å². The molecule has 0 aliphatic heterocycles. The van der Waals surface area contributed by atoms with Gasteiger partial charge in [-0.05, 0) is 49.5 Å². The number of benzene rings is 1. The van der Waals surface area contributed by atoms with Crippen molar-refractivity contribution in [1.29, 1.82) is 0 Å². The lowest BCUT2D eigenvalue weighted by Crippen LogP contribution is -2.79. The second kappa shape index (κ2) is 11.2. The monoisotopic (exact) mass is 628 g/mol. The molecule has 0 amide bonds. The molecule has 2 bridgehead atoms. The molecule has 3 N–H and O–H groups in total. The van der Waals surface area contributed by atoms with Gasteiger partial charge in [0, 0.05) is 49.9 Å². The Morgan fingerprint density at radius 3 is 2.04 bits per heavy atom. The first kappa shape index (κ1) is 33.1. The van der Waals surface area contributed by atoms with Crippen LogP contribution in [0, 0.1) is 22.7 Å². The lowest BCUT2D eigenvalue weighted by Gasteiger charge is -2.69. The van der Waals surface area contributed by atoms with Crippen molar-refractivity contribution in [2.45, 2.75) is 116 Å². The normalized spacial score (nSPS) is 39.9. The molecule has 0 saturated heterocycles. The standard InChI is InChI=1S/C34H44O11/c1-17-23(42-18(2)35)16-34(41)29(44-30(40)21-11-9-8-10-12-21)27-32(7,24(38)15-22-13-14-33(22,27)45-20(4)37)28(39)26(43-19(3)36)25(17)31(34,5)6/h8-12,22-24,26-29,38-39,41H,13-16H2,1-7H3/t22-,23+,24+,26-,27?,28+,29+,32-,33+,34-/m1/s1. The molecule has 3 fully saturated rings. The van der Waals surface area contributed by atoms with Gasteiger partial charge in [0.25, 0.3) is 0 Å². The maximum atomic E-state index is 13.9. The number of fused-ring (bicyclic) bond motifs is 5. The van der Waals surface area contributed by atoms with Gasteiger partial charge in [0.05, 0.1) is 11.7 Å². The molecule has 1 aromatic rings. The van der Waals surface area contributed by atoms with Crippen LogP contribution in [0.1, 0.15) is 84.5 Å². The third kappa shape index (κ3) is 4.89. The van der Waals surface area contributed by atoms with Gasteiger partial charge in [0.1, 0.15) is 29.5 Å². The zero-order chi connectivity index (χ0) is 33.3. The number of hydrogen-bond donors (Lipinski definition) is 3. The van der Waals surface area contributed by atoms with Crippen LogP contribution in [-0.2, 0) is 33.3 Å². The minimum atomic E-state index is -2.05. The van der Waals surface area contributed by atoms with Crippen LogP contribution in [0.4, 0.5) is 0 Å². The van der Waals surface area contributed by atoms with E-state index in [1.54, 1.807) is 58.0 Å². The van der Waals surface area contributed by atoms with Gasteiger partial charge in [-0.15, -0.1) is 0 Å². The molecule has 11 heteroatoms. The Labute approximate surface area is 262 Å². The molecule has 4 aliphatic rings. The molecule has 3 saturated carbocycles. The van der Waals surface area contributed by atoms with E-state index in [1.165, 1.54) is 20.8 Å². The van der Waals surface area contributed by atoms with Crippen molar-refractivity contribution in [3.8, 4) is 0 Å². The number of esters is 4. The minimum Gasteiger partial charge on any atom is -0.458 e. The highest BCUT2D eigenvalue weighted by atomic mass is 16.6. The highest BCUT2D eigenvalue weighted by molar-refractivity contribution is 5.89. The van der Waals surface area contributed by atoms with Crippen molar-refractivity contribution in [1.82, 2.24) is 0 Å². The molecule has 10 atom stereocenters. The van der Waals surface area contributed by atoms with Crippen molar-refractivity contribution in [2.24, 2.45) is 22.7 Å². The summed E-state index contributed by atoms with van der Waals surface area (Å²) < 4.78 is 24.0. The first-order chi connectivity index (χ1) is 20.9. The van der Waals surface area contributed by atoms with Crippen LogP contribution in [0.25, 0.3) is 0 Å². The first-order valence-corrected chi connectivity index (χ1v) is 15.5. The van der Waals surface area contributed by atoms with Crippen molar-refractivity contribution >= 4 is 23.9 Å². The highest BCUT2D eigenvalue weighted by Crippen LogP contribution is 2.68. The third-order valence-corrected chi connectivity index (χ3v) is 11.3. The Hall–Kier alpha value is -3.28. The summed E-state index contributed by atoms with van der Waals surface area (Å²) in [7, 11) is 0. The number of carbonyl (C=O) groups excluding carboxylic acids is 4. The zero-order valence-electron chi connectivity index (χ0n) is 26.9. The van der Waals surface area contributed by atoms with E-state index < -0.39 is 82.3 Å². The Morgan fingerprint density at radius 1 is 0.889 bits per heavy atom. The highest BCUT2D eigenvalue weighted by Gasteiger charge is 2.77. The molecular formula is C34H44O11. The van der Waals surface area contributed by atoms with E-state index in [4.69, 9.17) is 18.9 Å². The lowest BCUT2D eigenvalue weighted by atomic mass is 9.40. The maximum Gasteiger partial charge on any atom is 0.338 e. The Bertz CT molecular complexity index is 1420. The average molecular weight is 629 g/mol. The predicted octanol–water partition coefficient (Wildman–Crippen LogP) is 3.03. The number of hydrogen-bond acceptors (Lipinski definition) is 11. The molecule has 0 heterocycles. The summed E-state index contributed by atoms with van der Waals surface area (Å²) in [6.07, 6.45) is -5.98. The van der Waals surface area contributed by atoms with Crippen LogP contribution in [0.3, 0.4) is 0 Å². The molecule has 45 heavy (non-hydrogen) atoms. The van der Waals surface area contributed by atoms with Crippen LogP contribution in [0.15, 0.2) is 41.5 Å². The topological polar surface area (TPSA) is 166 Å². The van der Waals surface area contributed by atoms with E-state index in [-0.39, 0.29) is 29.9 Å². The average Bonchev–Trinajstić information content (AvgIpc) is 2.94. The van der Waals surface area contributed by atoms with Crippen molar-refractivity contribution in [3.05, 3.63) is 47.0 Å². The van der Waals surface area contributed by atoms with Gasteiger partial charge in [-0.2, -0.15) is 0 Å². The largest absolute Gasteiger partial charge is 0.458 e. The number of aliphatic hydroxyl groups excluding tert-OH is 2. The van der Waals surface area contributed by atoms with Crippen LogP contribution in [0.2, 0.25) is 0 Å². The molecule has 246 valence electrons. The summed E-state index contributed by atoms with van der Waals surface area (Å²) in [5, 5.41) is 37.6. The van der Waals surface area contributed by atoms with Crippen LogP contribution >= 0.6 is 0 Å². The van der Waals surface area contributed by atoms with Gasteiger partial charge in [-0.1, -0.05) is 39.0 Å². The van der Waals surface area contributed by atoms with Crippen molar-refractivity contribution in [3.63, 3.8) is 0 Å². The summed E-state index contributed by atoms with van der Waals surface area (Å²) in [4.78, 5) is 51.6. The Balaban J connectivity index is 1.86. The SMILES string of the molecule is CC(=O)O[C@H]1C[C@@]2(O)[C@@H](OC(=O)c3ccccc3)C3[C@@](C)([C@@H](O)C[C@H]4CC[C@@]34OC(C)=O)[C@@H](O)[C@H](OC(C)=O)C(=C1C)C2(C)C. The predicted molar refractivity (Wildman–Crippen MR) is 158 cm³/mol. The minimum absolute atomic E-state index is 0.152. The van der Waals surface area contributed by atoms with Crippen LogP contribution in [0.5, 0.6) is 0 Å². The summed E-state index contributed by atoms with van der Waals surface area (Å²) in [5.41, 5.74) is -5.48. The van der Waals surface area contributed by atoms with Gasteiger partial charge in [-0.25, -0.2) is 4.79 Å². The molecule has 11 nitrogen and oxygen atoms in total. The van der Waals surface area contributed by atoms with Crippen LogP contribution in [-0.4, -0.2) is 80.9 Å². The fraction of sp³-hybridized carbons (Fsp3) is 0.647. The van der Waals surface area contributed by atoms with Gasteiger partial charge in [0.2, 0.25) is 0 Å². The Morgan fingerprint density at radius 2 is 1.51 bits per heavy atom. The number of carbonyl (C=O) groups is 4. The number of ether oxygens (including phenoxy) is 4. The fourth-order valence-electron chi connectivity index (χ4n) is 9.00. The molecule has 4 aliphatic carbocycles. The number of rotatable bonds is 5. The summed E-state index contributed by atoms with van der Waals surface area (Å²) in [6.45, 7) is 10.4. The van der Waals surface area contributed by atoms with Gasteiger partial charge in [-0.3, -0.25) is 14.4 Å². The summed E-state index contributed by atoms with van der Waals surface area (Å²) in [5.74, 6) is -4.29. The van der Waals surface area contributed by atoms with E-state index in [9.17, 15) is 34.5 Å². The van der Waals surface area contributed by atoms with Crippen molar-refractivity contribution < 1.29 is 53.4 Å². The van der Waals surface area contributed by atoms with Gasteiger partial charge < -0.3 is 34.3 Å². The summed E-state index contributed by atoms with van der Waals surface area (Å²) >= 11 is 0. The molecule has 0 radical (unpaired) electrons. The second-order valence-corrected chi connectivity index (χ2v) is 14.0. The van der Waals surface area contributed by atoms with Crippen LogP contribution < -0.4 is 0 Å². The van der Waals surface area contributed by atoms with E-state index in [1.807, 2.05) is 0 Å². The molecular weight excluding hydrogens is 584 g/mol. The summed E-state index contributed by atoms with van der Waals surface area (Å²) in [6, 6.07) is 8.20. The lowest BCUT2D eigenvalue weighted by molar-refractivity contribution is -0.322. The third-order valence-electron chi connectivity index (χ3n) is 11.3.